The first-order valence-corrected chi connectivity index (χ1v) is 4.37. The van der Waals surface area contributed by atoms with E-state index in [0.717, 1.165) is 6.42 Å². The summed E-state index contributed by atoms with van der Waals surface area (Å²) in [5.74, 6) is -0.742. The summed E-state index contributed by atoms with van der Waals surface area (Å²) in [5.41, 5.74) is 0. The van der Waals surface area contributed by atoms with E-state index in [9.17, 15) is 14.7 Å². The maximum atomic E-state index is 11.0. The fourth-order valence-corrected chi connectivity index (χ4v) is 2.38. The van der Waals surface area contributed by atoms with Crippen molar-refractivity contribution in [2.75, 3.05) is 0 Å². The van der Waals surface area contributed by atoms with Crippen LogP contribution in [0.5, 0.6) is 0 Å². The van der Waals surface area contributed by atoms with E-state index >= 15 is 0 Å². The van der Waals surface area contributed by atoms with Crippen LogP contribution in [-0.2, 0) is 9.59 Å². The minimum atomic E-state index is -0.566. The van der Waals surface area contributed by atoms with Gasteiger partial charge in [-0.05, 0) is 18.8 Å². The van der Waals surface area contributed by atoms with E-state index in [0.29, 0.717) is 12.3 Å². The van der Waals surface area contributed by atoms with Gasteiger partial charge in [-0.15, -0.1) is 0 Å². The van der Waals surface area contributed by atoms with E-state index in [-0.39, 0.29) is 23.4 Å². The fraction of sp³-hybridized carbons (Fsp3) is 0.778. The first kappa shape index (κ1) is 7.92. The van der Waals surface area contributed by atoms with Crippen molar-refractivity contribution < 1.29 is 14.7 Å². The summed E-state index contributed by atoms with van der Waals surface area (Å²) in [6, 6.07) is 0. The van der Waals surface area contributed by atoms with Crippen LogP contribution in [0.4, 0.5) is 0 Å². The summed E-state index contributed by atoms with van der Waals surface area (Å²) < 4.78 is 0. The van der Waals surface area contributed by atoms with Crippen molar-refractivity contribution in [2.45, 2.75) is 25.9 Å². The third kappa shape index (κ3) is 0.860. The summed E-state index contributed by atoms with van der Waals surface area (Å²) in [6.07, 6.45) is 0.885. The van der Waals surface area contributed by atoms with Crippen LogP contribution in [0.2, 0.25) is 0 Å². The van der Waals surface area contributed by atoms with Crippen LogP contribution in [0.25, 0.3) is 0 Å². The van der Waals surface area contributed by atoms with Crippen LogP contribution in [0, 0.1) is 17.8 Å². The van der Waals surface area contributed by atoms with Gasteiger partial charge in [0.15, 0.2) is 0 Å². The second-order valence-electron chi connectivity index (χ2n) is 4.00. The molecule has 66 valence electrons. The van der Waals surface area contributed by atoms with Gasteiger partial charge in [0, 0.05) is 5.92 Å². The quantitative estimate of drug-likeness (QED) is 0.524. The molecule has 2 rings (SSSR count). The molecular formula is C9H12O3. The zero-order valence-corrected chi connectivity index (χ0v) is 6.99. The molecule has 3 nitrogen and oxygen atoms in total. The highest BCUT2D eigenvalue weighted by atomic mass is 16.3. The summed E-state index contributed by atoms with van der Waals surface area (Å²) in [7, 11) is 0. The van der Waals surface area contributed by atoms with Crippen LogP contribution >= 0.6 is 0 Å². The molecule has 1 N–H and O–H groups in total. The normalized spacial score (nSPS) is 46.8. The Labute approximate surface area is 70.8 Å². The standard InChI is InChI=1S/C9H12O3/c1-4-2-5-7(6(10)3-4)9(12)8(5)11/h4-7,10H,2-3H2,1H3. The minimum absolute atomic E-state index is 0.156. The lowest BCUT2D eigenvalue weighted by Crippen LogP contribution is -2.57. The van der Waals surface area contributed by atoms with Crippen molar-refractivity contribution in [1.82, 2.24) is 0 Å². The third-order valence-electron chi connectivity index (χ3n) is 3.03. The predicted octanol–water partition coefficient (Wildman–Crippen LogP) is 0.161. The largest absolute Gasteiger partial charge is 0.392 e. The molecule has 0 spiro atoms. The second-order valence-corrected chi connectivity index (χ2v) is 4.00. The Morgan fingerprint density at radius 1 is 1.25 bits per heavy atom. The molecule has 0 radical (unpaired) electrons. The fourth-order valence-electron chi connectivity index (χ4n) is 2.38. The summed E-state index contributed by atoms with van der Waals surface area (Å²) in [4.78, 5) is 22.0. The molecule has 2 aliphatic rings. The van der Waals surface area contributed by atoms with Crippen molar-refractivity contribution in [3.63, 3.8) is 0 Å². The molecule has 12 heavy (non-hydrogen) atoms. The highest BCUT2D eigenvalue weighted by molar-refractivity contribution is 6.45. The molecule has 2 saturated carbocycles. The highest BCUT2D eigenvalue weighted by Gasteiger charge is 2.54. The molecule has 4 atom stereocenters. The summed E-state index contributed by atoms with van der Waals surface area (Å²) >= 11 is 0. The molecule has 0 bridgehead atoms. The number of Topliss-reactive ketones (excluding diaryl/α,β-unsaturated/α-hetero) is 2. The van der Waals surface area contributed by atoms with Crippen LogP contribution in [0.1, 0.15) is 19.8 Å². The zero-order chi connectivity index (χ0) is 8.88. The lowest BCUT2D eigenvalue weighted by atomic mass is 9.60. The molecule has 2 aliphatic carbocycles. The number of hydrogen-bond acceptors (Lipinski definition) is 3. The molecule has 0 aromatic rings. The van der Waals surface area contributed by atoms with E-state index in [1.807, 2.05) is 6.92 Å². The second kappa shape index (κ2) is 2.39. The van der Waals surface area contributed by atoms with Gasteiger partial charge in [0.2, 0.25) is 11.6 Å². The molecule has 0 aliphatic heterocycles. The van der Waals surface area contributed by atoms with Crippen molar-refractivity contribution in [2.24, 2.45) is 17.8 Å². The van der Waals surface area contributed by atoms with Crippen molar-refractivity contribution in [3.8, 4) is 0 Å². The lowest BCUT2D eigenvalue weighted by molar-refractivity contribution is -0.162. The van der Waals surface area contributed by atoms with Crippen LogP contribution in [-0.4, -0.2) is 22.8 Å². The van der Waals surface area contributed by atoms with Gasteiger partial charge in [-0.1, -0.05) is 6.92 Å². The van der Waals surface area contributed by atoms with Gasteiger partial charge in [-0.25, -0.2) is 0 Å². The monoisotopic (exact) mass is 168 g/mol. The highest BCUT2D eigenvalue weighted by Crippen LogP contribution is 2.42. The number of hydrogen-bond donors (Lipinski definition) is 1. The smallest absolute Gasteiger partial charge is 0.205 e. The number of aliphatic hydroxyl groups is 1. The van der Waals surface area contributed by atoms with Crippen molar-refractivity contribution >= 4 is 11.6 Å². The molecular weight excluding hydrogens is 156 g/mol. The molecule has 4 unspecified atom stereocenters. The zero-order valence-electron chi connectivity index (χ0n) is 6.99. The number of carbonyl (C=O) groups is 2. The first-order valence-electron chi connectivity index (χ1n) is 4.37. The van der Waals surface area contributed by atoms with E-state index in [2.05, 4.69) is 0 Å². The number of rotatable bonds is 0. The van der Waals surface area contributed by atoms with Gasteiger partial charge < -0.3 is 5.11 Å². The van der Waals surface area contributed by atoms with Crippen LogP contribution in [0.3, 0.4) is 0 Å². The lowest BCUT2D eigenvalue weighted by Gasteiger charge is -2.42. The average molecular weight is 168 g/mol. The van der Waals surface area contributed by atoms with Gasteiger partial charge in [0.05, 0.1) is 12.0 Å². The Hall–Kier alpha value is -0.700. The summed E-state index contributed by atoms with van der Waals surface area (Å²) in [5, 5.41) is 9.48. The topological polar surface area (TPSA) is 54.4 Å². The Bertz CT molecular complexity index is 246. The molecule has 0 saturated heterocycles. The number of fused-ring (bicyclic) bond motifs is 1. The molecule has 3 heteroatoms. The van der Waals surface area contributed by atoms with E-state index in [1.54, 1.807) is 0 Å². The maximum Gasteiger partial charge on any atom is 0.205 e. The number of carbonyl (C=O) groups excluding carboxylic acids is 2. The molecule has 0 aromatic heterocycles. The minimum Gasteiger partial charge on any atom is -0.392 e. The Morgan fingerprint density at radius 2 is 1.92 bits per heavy atom. The Kier molecular flexibility index (Phi) is 1.58. The van der Waals surface area contributed by atoms with Gasteiger partial charge in [-0.3, -0.25) is 9.59 Å². The maximum absolute atomic E-state index is 11.0. The van der Waals surface area contributed by atoms with Gasteiger partial charge >= 0.3 is 0 Å². The van der Waals surface area contributed by atoms with Crippen LogP contribution < -0.4 is 0 Å². The Balaban J connectivity index is 2.17. The SMILES string of the molecule is CC1CC(O)C2C(=O)C(=O)C2C1. The van der Waals surface area contributed by atoms with Crippen LogP contribution in [0.15, 0.2) is 0 Å². The van der Waals surface area contributed by atoms with Crippen molar-refractivity contribution in [1.29, 1.82) is 0 Å². The molecule has 2 fully saturated rings. The average Bonchev–Trinajstić information content (AvgIpc) is 2.02. The van der Waals surface area contributed by atoms with Gasteiger partial charge in [-0.2, -0.15) is 0 Å². The van der Waals surface area contributed by atoms with Gasteiger partial charge in [0.1, 0.15) is 0 Å². The molecule has 0 amide bonds. The number of aliphatic hydroxyl groups excluding tert-OH is 1. The number of ketones is 2. The Morgan fingerprint density at radius 3 is 2.58 bits per heavy atom. The predicted molar refractivity (Wildman–Crippen MR) is 41.4 cm³/mol. The van der Waals surface area contributed by atoms with E-state index in [1.165, 1.54) is 0 Å². The van der Waals surface area contributed by atoms with Gasteiger partial charge in [0.25, 0.3) is 0 Å². The summed E-state index contributed by atoms with van der Waals surface area (Å²) in [6.45, 7) is 2.01. The first-order chi connectivity index (χ1) is 5.61. The third-order valence-corrected chi connectivity index (χ3v) is 3.03. The molecule has 0 aromatic carbocycles. The van der Waals surface area contributed by atoms with E-state index in [4.69, 9.17) is 0 Å². The molecule has 0 heterocycles. The van der Waals surface area contributed by atoms with E-state index < -0.39 is 6.10 Å². The van der Waals surface area contributed by atoms with Crippen molar-refractivity contribution in [3.05, 3.63) is 0 Å².